The summed E-state index contributed by atoms with van der Waals surface area (Å²) in [6.07, 6.45) is 0. The fourth-order valence-corrected chi connectivity index (χ4v) is 2.51. The van der Waals surface area contributed by atoms with E-state index in [2.05, 4.69) is 67.7 Å². The van der Waals surface area contributed by atoms with Crippen molar-refractivity contribution in [3.63, 3.8) is 0 Å². The van der Waals surface area contributed by atoms with E-state index in [0.29, 0.717) is 5.92 Å². The van der Waals surface area contributed by atoms with Crippen LogP contribution in [0.1, 0.15) is 28.2 Å². The summed E-state index contributed by atoms with van der Waals surface area (Å²) in [5.41, 5.74) is 5.49. The third-order valence-corrected chi connectivity index (χ3v) is 3.41. The molecule has 0 amide bonds. The maximum atomic E-state index is 3.31. The summed E-state index contributed by atoms with van der Waals surface area (Å²) in [6, 6.07) is 17.4. The number of rotatable bonds is 4. The lowest BCUT2D eigenvalue weighted by Gasteiger charge is -2.20. The van der Waals surface area contributed by atoms with Crippen LogP contribution in [-0.4, -0.2) is 13.6 Å². The smallest absolute Gasteiger partial charge is 0.0217 e. The molecule has 2 aromatic carbocycles. The van der Waals surface area contributed by atoms with Gasteiger partial charge in [0.1, 0.15) is 0 Å². The third-order valence-electron chi connectivity index (χ3n) is 3.41. The first-order valence-corrected chi connectivity index (χ1v) is 6.49. The van der Waals surface area contributed by atoms with E-state index in [-0.39, 0.29) is 0 Å². The minimum Gasteiger partial charge on any atom is -0.319 e. The van der Waals surface area contributed by atoms with Crippen LogP contribution in [0.25, 0.3) is 0 Å². The normalized spacial score (nSPS) is 12.4. The van der Waals surface area contributed by atoms with Gasteiger partial charge < -0.3 is 5.32 Å². The molecule has 0 aliphatic heterocycles. The molecule has 0 saturated carbocycles. The van der Waals surface area contributed by atoms with Crippen molar-refractivity contribution in [3.05, 3.63) is 70.8 Å². The second kappa shape index (κ2) is 5.83. The van der Waals surface area contributed by atoms with Gasteiger partial charge in [0.25, 0.3) is 0 Å². The van der Waals surface area contributed by atoms with Crippen molar-refractivity contribution in [1.82, 2.24) is 5.32 Å². The quantitative estimate of drug-likeness (QED) is 0.858. The predicted octanol–water partition coefficient (Wildman–Crippen LogP) is 3.65. The van der Waals surface area contributed by atoms with Gasteiger partial charge in [0.05, 0.1) is 0 Å². The standard InChI is InChI=1S/C17H21N/c1-13-9-10-16(14(2)11-13)17(12-18-3)15-7-5-4-6-8-15/h4-11,17-18H,12H2,1-3H3. The molecule has 0 aliphatic carbocycles. The molecule has 0 bridgehead atoms. The fraction of sp³-hybridized carbons (Fsp3) is 0.294. The summed E-state index contributed by atoms with van der Waals surface area (Å²) in [7, 11) is 2.01. The Morgan fingerprint density at radius 2 is 1.72 bits per heavy atom. The predicted molar refractivity (Wildman–Crippen MR) is 78.1 cm³/mol. The van der Waals surface area contributed by atoms with Gasteiger partial charge in [-0.3, -0.25) is 0 Å². The van der Waals surface area contributed by atoms with Crippen LogP contribution >= 0.6 is 0 Å². The third kappa shape index (κ3) is 2.80. The molecule has 1 atom stereocenters. The molecule has 1 heteroatoms. The molecule has 94 valence electrons. The molecule has 0 fully saturated rings. The molecule has 18 heavy (non-hydrogen) atoms. The van der Waals surface area contributed by atoms with Gasteiger partial charge in [0.15, 0.2) is 0 Å². The van der Waals surface area contributed by atoms with Crippen molar-refractivity contribution < 1.29 is 0 Å². The lowest BCUT2D eigenvalue weighted by atomic mass is 9.88. The molecule has 0 aliphatic rings. The monoisotopic (exact) mass is 239 g/mol. The summed E-state index contributed by atoms with van der Waals surface area (Å²) in [5, 5.41) is 3.31. The zero-order valence-corrected chi connectivity index (χ0v) is 11.4. The molecule has 1 nitrogen and oxygen atoms in total. The Bertz CT molecular complexity index is 502. The van der Waals surface area contributed by atoms with Crippen LogP contribution in [0, 0.1) is 13.8 Å². The number of benzene rings is 2. The zero-order chi connectivity index (χ0) is 13.0. The second-order valence-electron chi connectivity index (χ2n) is 4.88. The zero-order valence-electron chi connectivity index (χ0n) is 11.4. The summed E-state index contributed by atoms with van der Waals surface area (Å²) < 4.78 is 0. The summed E-state index contributed by atoms with van der Waals surface area (Å²) in [4.78, 5) is 0. The molecule has 0 saturated heterocycles. The first kappa shape index (κ1) is 12.8. The van der Waals surface area contributed by atoms with E-state index in [9.17, 15) is 0 Å². The van der Waals surface area contributed by atoms with Gasteiger partial charge >= 0.3 is 0 Å². The van der Waals surface area contributed by atoms with Gasteiger partial charge in [-0.05, 0) is 37.6 Å². The van der Waals surface area contributed by atoms with Crippen LogP contribution in [0.5, 0.6) is 0 Å². The van der Waals surface area contributed by atoms with Crippen molar-refractivity contribution in [1.29, 1.82) is 0 Å². The number of aryl methyl sites for hydroxylation is 2. The Morgan fingerprint density at radius 1 is 1.00 bits per heavy atom. The van der Waals surface area contributed by atoms with E-state index in [0.717, 1.165) is 6.54 Å². The SMILES string of the molecule is CNCC(c1ccccc1)c1ccc(C)cc1C. The molecule has 0 radical (unpaired) electrons. The van der Waals surface area contributed by atoms with Gasteiger partial charge in [-0.25, -0.2) is 0 Å². The van der Waals surface area contributed by atoms with Crippen molar-refractivity contribution in [2.75, 3.05) is 13.6 Å². The van der Waals surface area contributed by atoms with Crippen LogP contribution in [-0.2, 0) is 0 Å². The molecular formula is C17H21N. The molecule has 1 N–H and O–H groups in total. The fourth-order valence-electron chi connectivity index (χ4n) is 2.51. The highest BCUT2D eigenvalue weighted by Crippen LogP contribution is 2.27. The largest absolute Gasteiger partial charge is 0.319 e. The Labute approximate surface area is 110 Å². The van der Waals surface area contributed by atoms with E-state index in [1.54, 1.807) is 0 Å². The Kier molecular flexibility index (Phi) is 4.16. The van der Waals surface area contributed by atoms with Crippen molar-refractivity contribution in [2.24, 2.45) is 0 Å². The summed E-state index contributed by atoms with van der Waals surface area (Å²) in [5.74, 6) is 0.428. The first-order valence-electron chi connectivity index (χ1n) is 6.49. The maximum Gasteiger partial charge on any atom is 0.0217 e. The molecule has 2 aromatic rings. The van der Waals surface area contributed by atoms with Gasteiger partial charge in [0, 0.05) is 12.5 Å². The van der Waals surface area contributed by atoms with Gasteiger partial charge in [0.2, 0.25) is 0 Å². The number of hydrogen-bond acceptors (Lipinski definition) is 1. The van der Waals surface area contributed by atoms with Crippen molar-refractivity contribution in [2.45, 2.75) is 19.8 Å². The minimum atomic E-state index is 0.428. The lowest BCUT2D eigenvalue weighted by molar-refractivity contribution is 0.704. The van der Waals surface area contributed by atoms with Crippen LogP contribution in [0.4, 0.5) is 0 Å². The molecule has 2 rings (SSSR count). The topological polar surface area (TPSA) is 12.0 Å². The van der Waals surface area contributed by atoms with E-state index >= 15 is 0 Å². The van der Waals surface area contributed by atoms with Crippen LogP contribution in [0.3, 0.4) is 0 Å². The minimum absolute atomic E-state index is 0.428. The van der Waals surface area contributed by atoms with Crippen molar-refractivity contribution >= 4 is 0 Å². The summed E-state index contributed by atoms with van der Waals surface area (Å²) >= 11 is 0. The number of nitrogens with one attached hydrogen (secondary N) is 1. The van der Waals surface area contributed by atoms with E-state index in [1.165, 1.54) is 22.3 Å². The van der Waals surface area contributed by atoms with Crippen LogP contribution in [0.15, 0.2) is 48.5 Å². The Balaban J connectivity index is 2.41. The Morgan fingerprint density at radius 3 is 2.33 bits per heavy atom. The maximum absolute atomic E-state index is 3.31. The van der Waals surface area contributed by atoms with E-state index in [1.807, 2.05) is 7.05 Å². The number of hydrogen-bond donors (Lipinski definition) is 1. The van der Waals surface area contributed by atoms with Crippen molar-refractivity contribution in [3.8, 4) is 0 Å². The van der Waals surface area contributed by atoms with E-state index < -0.39 is 0 Å². The molecular weight excluding hydrogens is 218 g/mol. The van der Waals surface area contributed by atoms with E-state index in [4.69, 9.17) is 0 Å². The van der Waals surface area contributed by atoms with Gasteiger partial charge in [-0.15, -0.1) is 0 Å². The highest BCUT2D eigenvalue weighted by atomic mass is 14.8. The second-order valence-corrected chi connectivity index (χ2v) is 4.88. The molecule has 0 spiro atoms. The Hall–Kier alpha value is -1.60. The molecule has 1 unspecified atom stereocenters. The van der Waals surface area contributed by atoms with Crippen LogP contribution in [0.2, 0.25) is 0 Å². The summed E-state index contributed by atoms with van der Waals surface area (Å²) in [6.45, 7) is 5.31. The van der Waals surface area contributed by atoms with Gasteiger partial charge in [-0.1, -0.05) is 54.1 Å². The average Bonchev–Trinajstić information content (AvgIpc) is 2.38. The lowest BCUT2D eigenvalue weighted by Crippen LogP contribution is -2.19. The average molecular weight is 239 g/mol. The molecule has 0 aromatic heterocycles. The molecule has 0 heterocycles. The number of likely N-dealkylation sites (N-methyl/N-ethyl adjacent to an activating group) is 1. The first-order chi connectivity index (χ1) is 8.72. The van der Waals surface area contributed by atoms with Crippen LogP contribution < -0.4 is 5.32 Å². The van der Waals surface area contributed by atoms with Gasteiger partial charge in [-0.2, -0.15) is 0 Å². The highest BCUT2D eigenvalue weighted by Gasteiger charge is 2.14. The highest BCUT2D eigenvalue weighted by molar-refractivity contribution is 5.39.